The van der Waals surface area contributed by atoms with E-state index in [0.29, 0.717) is 25.5 Å². The quantitative estimate of drug-likeness (QED) is 0.741. The Morgan fingerprint density at radius 3 is 2.42 bits per heavy atom. The lowest BCUT2D eigenvalue weighted by Crippen LogP contribution is -2.56. The summed E-state index contributed by atoms with van der Waals surface area (Å²) in [6.07, 6.45) is 2.72. The van der Waals surface area contributed by atoms with Crippen molar-refractivity contribution in [2.24, 2.45) is 0 Å². The van der Waals surface area contributed by atoms with Gasteiger partial charge >= 0.3 is 0 Å². The minimum Gasteiger partial charge on any atom is -0.373 e. The molecule has 7 heteroatoms. The third-order valence-electron chi connectivity index (χ3n) is 3.76. The van der Waals surface area contributed by atoms with Crippen LogP contribution >= 0.6 is 11.6 Å². The third kappa shape index (κ3) is 3.42. The minimum absolute atomic E-state index is 0.0576. The number of hydrogen-bond acceptors (Lipinski definition) is 3. The van der Waals surface area contributed by atoms with Crippen LogP contribution in [0.25, 0.3) is 0 Å². The predicted octanol–water partition coefficient (Wildman–Crippen LogP) is 1.43. The van der Waals surface area contributed by atoms with E-state index in [1.165, 1.54) is 0 Å². The minimum atomic E-state index is -3.41. The van der Waals surface area contributed by atoms with E-state index in [1.807, 2.05) is 13.8 Å². The first-order chi connectivity index (χ1) is 8.95. The number of morpholine rings is 1. The van der Waals surface area contributed by atoms with Crippen LogP contribution in [0, 0.1) is 0 Å². The Kier molecular flexibility index (Phi) is 5.11. The van der Waals surface area contributed by atoms with Gasteiger partial charge in [-0.05, 0) is 26.7 Å². The van der Waals surface area contributed by atoms with Crippen LogP contribution in [0.4, 0.5) is 0 Å². The van der Waals surface area contributed by atoms with E-state index in [0.717, 1.165) is 19.3 Å². The summed E-state index contributed by atoms with van der Waals surface area (Å²) in [7, 11) is -3.41. The van der Waals surface area contributed by atoms with Crippen LogP contribution in [-0.4, -0.2) is 60.8 Å². The van der Waals surface area contributed by atoms with Crippen molar-refractivity contribution in [1.29, 1.82) is 0 Å². The molecule has 0 aromatic rings. The van der Waals surface area contributed by atoms with Gasteiger partial charge in [0.15, 0.2) is 0 Å². The van der Waals surface area contributed by atoms with E-state index in [-0.39, 0.29) is 18.2 Å². The second kappa shape index (κ2) is 6.26. The number of hydrogen-bond donors (Lipinski definition) is 0. The Labute approximate surface area is 121 Å². The van der Waals surface area contributed by atoms with E-state index in [4.69, 9.17) is 16.3 Å². The van der Waals surface area contributed by atoms with Gasteiger partial charge in [-0.2, -0.15) is 17.0 Å². The van der Waals surface area contributed by atoms with E-state index in [9.17, 15) is 8.42 Å². The average molecular weight is 311 g/mol. The Balaban J connectivity index is 2.16. The Hall–Kier alpha value is 0.120. The largest absolute Gasteiger partial charge is 0.373 e. The second-order valence-electron chi connectivity index (χ2n) is 5.50. The molecule has 0 radical (unpaired) electrons. The molecule has 2 heterocycles. The smallest absolute Gasteiger partial charge is 0.282 e. The lowest BCUT2D eigenvalue weighted by atomic mass is 10.1. The van der Waals surface area contributed by atoms with Crippen molar-refractivity contribution in [3.63, 3.8) is 0 Å². The first kappa shape index (κ1) is 15.5. The van der Waals surface area contributed by atoms with Gasteiger partial charge in [0.2, 0.25) is 0 Å². The molecular formula is C12H23ClN2O3S. The van der Waals surface area contributed by atoms with Crippen LogP contribution in [0.5, 0.6) is 0 Å². The normalized spacial score (nSPS) is 35.4. The van der Waals surface area contributed by atoms with Crippen LogP contribution in [0.3, 0.4) is 0 Å². The zero-order valence-corrected chi connectivity index (χ0v) is 13.2. The summed E-state index contributed by atoms with van der Waals surface area (Å²) in [5.74, 6) is 0.370. The summed E-state index contributed by atoms with van der Waals surface area (Å²) in [5.41, 5.74) is 0. The van der Waals surface area contributed by atoms with Crippen molar-refractivity contribution in [2.45, 2.75) is 51.4 Å². The van der Waals surface area contributed by atoms with E-state index in [2.05, 4.69) is 0 Å². The summed E-state index contributed by atoms with van der Waals surface area (Å²) in [6.45, 7) is 5.26. The van der Waals surface area contributed by atoms with Crippen LogP contribution in [0.2, 0.25) is 0 Å². The van der Waals surface area contributed by atoms with Crippen molar-refractivity contribution in [1.82, 2.24) is 8.61 Å². The summed E-state index contributed by atoms with van der Waals surface area (Å²) in [5, 5.41) is 0. The molecule has 2 fully saturated rings. The highest BCUT2D eigenvalue weighted by Gasteiger charge is 2.39. The maximum atomic E-state index is 12.7. The molecule has 19 heavy (non-hydrogen) atoms. The number of piperidine rings is 1. The lowest BCUT2D eigenvalue weighted by Gasteiger charge is -2.41. The van der Waals surface area contributed by atoms with Crippen molar-refractivity contribution in [3.8, 4) is 0 Å². The molecule has 3 atom stereocenters. The van der Waals surface area contributed by atoms with Gasteiger partial charge in [0.25, 0.3) is 10.2 Å². The zero-order chi connectivity index (χ0) is 14.0. The number of nitrogens with zero attached hydrogens (tertiary/aromatic N) is 2. The highest BCUT2D eigenvalue weighted by molar-refractivity contribution is 7.86. The standard InChI is InChI=1S/C12H23ClN2O3S/c1-10-8-14(9-11(2)18-10)19(16,17)15-6-4-3-5-12(15)7-13/h10-12H,3-9H2,1-2H3/t10-,11+,12?. The first-order valence-corrected chi connectivity index (χ1v) is 8.86. The van der Waals surface area contributed by atoms with Gasteiger partial charge in [0, 0.05) is 31.6 Å². The Bertz CT molecular complexity index is 394. The van der Waals surface area contributed by atoms with Gasteiger partial charge in [-0.3, -0.25) is 0 Å². The number of alkyl halides is 1. The van der Waals surface area contributed by atoms with Gasteiger partial charge in [-0.15, -0.1) is 11.6 Å². The molecule has 0 aromatic carbocycles. The van der Waals surface area contributed by atoms with E-state index < -0.39 is 10.2 Å². The molecular weight excluding hydrogens is 288 g/mol. The molecule has 2 aliphatic rings. The van der Waals surface area contributed by atoms with Gasteiger partial charge < -0.3 is 4.74 Å². The monoisotopic (exact) mass is 310 g/mol. The molecule has 0 aliphatic carbocycles. The fraction of sp³-hybridized carbons (Fsp3) is 1.00. The van der Waals surface area contributed by atoms with Crippen LogP contribution in [0.1, 0.15) is 33.1 Å². The average Bonchev–Trinajstić information content (AvgIpc) is 2.37. The van der Waals surface area contributed by atoms with Gasteiger partial charge in [-0.1, -0.05) is 6.42 Å². The molecule has 1 unspecified atom stereocenters. The maximum absolute atomic E-state index is 12.7. The fourth-order valence-corrected chi connectivity index (χ4v) is 5.31. The van der Waals surface area contributed by atoms with Crippen LogP contribution in [0.15, 0.2) is 0 Å². The number of halogens is 1. The van der Waals surface area contributed by atoms with E-state index >= 15 is 0 Å². The molecule has 0 saturated carbocycles. The van der Waals surface area contributed by atoms with Crippen molar-refractivity contribution in [3.05, 3.63) is 0 Å². The molecule has 0 amide bonds. The Morgan fingerprint density at radius 1 is 1.21 bits per heavy atom. The molecule has 2 aliphatic heterocycles. The summed E-state index contributed by atoms with van der Waals surface area (Å²) in [4.78, 5) is 0. The molecule has 0 bridgehead atoms. The number of rotatable bonds is 3. The topological polar surface area (TPSA) is 49.9 Å². The highest BCUT2D eigenvalue weighted by Crippen LogP contribution is 2.25. The second-order valence-corrected chi connectivity index (χ2v) is 7.69. The molecule has 5 nitrogen and oxygen atoms in total. The summed E-state index contributed by atoms with van der Waals surface area (Å²) in [6, 6.07) is -0.0612. The van der Waals surface area contributed by atoms with Gasteiger partial charge in [-0.25, -0.2) is 0 Å². The molecule has 0 aromatic heterocycles. The van der Waals surface area contributed by atoms with Crippen molar-refractivity contribution in [2.75, 3.05) is 25.5 Å². The zero-order valence-electron chi connectivity index (χ0n) is 11.6. The lowest BCUT2D eigenvalue weighted by molar-refractivity contribution is -0.0459. The van der Waals surface area contributed by atoms with Crippen molar-refractivity contribution >= 4 is 21.8 Å². The molecule has 112 valence electrons. The SMILES string of the molecule is C[C@@H]1CN(S(=O)(=O)N2CCCCC2CCl)C[C@H](C)O1. The van der Waals surface area contributed by atoms with Crippen molar-refractivity contribution < 1.29 is 13.2 Å². The summed E-state index contributed by atoms with van der Waals surface area (Å²) < 4.78 is 34.2. The third-order valence-corrected chi connectivity index (χ3v) is 6.14. The predicted molar refractivity (Wildman–Crippen MR) is 75.6 cm³/mol. The molecule has 0 spiro atoms. The highest BCUT2D eigenvalue weighted by atomic mass is 35.5. The van der Waals surface area contributed by atoms with Gasteiger partial charge in [0.05, 0.1) is 12.2 Å². The van der Waals surface area contributed by atoms with E-state index in [1.54, 1.807) is 8.61 Å². The first-order valence-electron chi connectivity index (χ1n) is 6.93. The maximum Gasteiger partial charge on any atom is 0.282 e. The fourth-order valence-electron chi connectivity index (χ4n) is 2.90. The molecule has 2 rings (SSSR count). The van der Waals surface area contributed by atoms with Gasteiger partial charge in [0.1, 0.15) is 0 Å². The molecule has 2 saturated heterocycles. The number of ether oxygens (including phenoxy) is 1. The Morgan fingerprint density at radius 2 is 1.84 bits per heavy atom. The van der Waals surface area contributed by atoms with Crippen LogP contribution < -0.4 is 0 Å². The molecule has 0 N–H and O–H groups in total. The summed E-state index contributed by atoms with van der Waals surface area (Å²) >= 11 is 5.93. The van der Waals surface area contributed by atoms with Crippen LogP contribution in [-0.2, 0) is 14.9 Å².